The van der Waals surface area contributed by atoms with Gasteiger partial charge in [0.2, 0.25) is 0 Å². The molecule has 18 heavy (non-hydrogen) atoms. The van der Waals surface area contributed by atoms with E-state index in [1.54, 1.807) is 12.1 Å². The molecule has 0 amide bonds. The summed E-state index contributed by atoms with van der Waals surface area (Å²) in [6.07, 6.45) is 0. The van der Waals surface area contributed by atoms with E-state index in [0.29, 0.717) is 5.75 Å². The second kappa shape index (κ2) is 6.17. The van der Waals surface area contributed by atoms with E-state index >= 15 is 0 Å². The molecule has 0 atom stereocenters. The number of ether oxygens (including phenoxy) is 2. The zero-order valence-electron chi connectivity index (χ0n) is 9.38. The lowest BCUT2D eigenvalue weighted by atomic mass is 10.2. The number of halogens is 1. The van der Waals surface area contributed by atoms with Gasteiger partial charge in [-0.25, -0.2) is 13.2 Å². The predicted octanol–water partition coefficient (Wildman–Crippen LogP) is 1.16. The van der Waals surface area contributed by atoms with Crippen LogP contribution in [0.15, 0.2) is 22.7 Å². The van der Waals surface area contributed by atoms with E-state index in [1.165, 1.54) is 13.2 Å². The highest BCUT2D eigenvalue weighted by Crippen LogP contribution is 2.24. The number of carbonyl (C=O) groups excluding carboxylic acids is 1. The van der Waals surface area contributed by atoms with Gasteiger partial charge in [-0.3, -0.25) is 0 Å². The first-order chi connectivity index (χ1) is 8.33. The summed E-state index contributed by atoms with van der Waals surface area (Å²) < 4.78 is 41.4. The predicted molar refractivity (Wildman–Crippen MR) is 65.5 cm³/mol. The van der Waals surface area contributed by atoms with Gasteiger partial charge in [-0.2, -0.15) is 0 Å². The smallest absolute Gasteiger partial charge is 0.341 e. The quantitative estimate of drug-likeness (QED) is 0.591. The second-order valence-corrected chi connectivity index (χ2v) is 5.68. The monoisotopic (exact) mass is 337 g/mol. The van der Waals surface area contributed by atoms with Crippen LogP contribution in [-0.2, 0) is 14.9 Å². The first-order valence-electron chi connectivity index (χ1n) is 4.77. The Morgan fingerprint density at radius 3 is 2.67 bits per heavy atom. The molecule has 0 heterocycles. The number of benzene rings is 1. The normalized spacial score (nSPS) is 11.1. The topological polar surface area (TPSA) is 92.7 Å². The van der Waals surface area contributed by atoms with Gasteiger partial charge in [0.05, 0.1) is 23.0 Å². The van der Waals surface area contributed by atoms with Crippen LogP contribution in [0.3, 0.4) is 0 Å². The molecule has 1 rings (SSSR count). The fraction of sp³-hybridized carbons (Fsp3) is 0.300. The van der Waals surface area contributed by atoms with Crippen molar-refractivity contribution in [1.82, 2.24) is 0 Å². The molecule has 6 nitrogen and oxygen atoms in total. The van der Waals surface area contributed by atoms with Crippen molar-refractivity contribution in [3.05, 3.63) is 28.2 Å². The van der Waals surface area contributed by atoms with Crippen LogP contribution in [0, 0.1) is 0 Å². The second-order valence-electron chi connectivity index (χ2n) is 3.24. The summed E-state index contributed by atoms with van der Waals surface area (Å²) in [5, 5.41) is 0. The fourth-order valence-corrected chi connectivity index (χ4v) is 1.78. The van der Waals surface area contributed by atoms with Crippen molar-refractivity contribution >= 4 is 32.0 Å². The van der Waals surface area contributed by atoms with Crippen LogP contribution >= 0.6 is 15.9 Å². The maximum atomic E-state index is 11.6. The van der Waals surface area contributed by atoms with Crippen LogP contribution in [0.2, 0.25) is 0 Å². The number of carbonyl (C=O) groups is 1. The Balaban J connectivity index is 2.73. The lowest BCUT2D eigenvalue weighted by molar-refractivity contribution is 0.0524. The Morgan fingerprint density at radius 1 is 1.44 bits per heavy atom. The molecular formula is C10H10BrO6S-. The summed E-state index contributed by atoms with van der Waals surface area (Å²) in [6.45, 7) is -0.482. The molecule has 1 aromatic rings. The molecule has 0 bridgehead atoms. The minimum Gasteiger partial charge on any atom is -0.748 e. The molecule has 0 unspecified atom stereocenters. The summed E-state index contributed by atoms with van der Waals surface area (Å²) in [4.78, 5) is 11.6. The molecule has 8 heteroatoms. The molecule has 0 N–H and O–H groups in total. The van der Waals surface area contributed by atoms with Crippen molar-refractivity contribution < 1.29 is 27.2 Å². The Hall–Kier alpha value is -1.12. The summed E-state index contributed by atoms with van der Waals surface area (Å²) in [6, 6.07) is 4.65. The maximum absolute atomic E-state index is 11.6. The van der Waals surface area contributed by atoms with Gasteiger partial charge in [0.25, 0.3) is 0 Å². The SMILES string of the molecule is COc1cc(Br)ccc1C(=O)OCCS(=O)(=O)[O-]. The van der Waals surface area contributed by atoms with Crippen LogP contribution in [0.5, 0.6) is 5.75 Å². The van der Waals surface area contributed by atoms with E-state index in [4.69, 9.17) is 4.74 Å². The summed E-state index contributed by atoms with van der Waals surface area (Å²) in [5.41, 5.74) is 0.156. The van der Waals surface area contributed by atoms with Gasteiger partial charge in [0.15, 0.2) is 0 Å². The van der Waals surface area contributed by atoms with Crippen molar-refractivity contribution in [2.75, 3.05) is 19.5 Å². The summed E-state index contributed by atoms with van der Waals surface area (Å²) >= 11 is 3.21. The Labute approximate surface area is 113 Å². The molecule has 0 aliphatic carbocycles. The third-order valence-electron chi connectivity index (χ3n) is 1.95. The molecule has 0 saturated carbocycles. The van der Waals surface area contributed by atoms with E-state index < -0.39 is 28.4 Å². The number of esters is 1. The average molecular weight is 338 g/mol. The van der Waals surface area contributed by atoms with E-state index in [0.717, 1.165) is 4.47 Å². The van der Waals surface area contributed by atoms with E-state index in [2.05, 4.69) is 20.7 Å². The highest BCUT2D eigenvalue weighted by atomic mass is 79.9. The lowest BCUT2D eigenvalue weighted by Crippen LogP contribution is -2.15. The number of hydrogen-bond donors (Lipinski definition) is 0. The Morgan fingerprint density at radius 2 is 2.11 bits per heavy atom. The molecule has 0 fully saturated rings. The van der Waals surface area contributed by atoms with Crippen molar-refractivity contribution in [3.8, 4) is 5.75 Å². The highest BCUT2D eigenvalue weighted by Gasteiger charge is 2.14. The van der Waals surface area contributed by atoms with Crippen molar-refractivity contribution in [2.24, 2.45) is 0 Å². The summed E-state index contributed by atoms with van der Waals surface area (Å²) in [7, 11) is -3.00. The fourth-order valence-electron chi connectivity index (χ4n) is 1.15. The van der Waals surface area contributed by atoms with Crippen molar-refractivity contribution in [2.45, 2.75) is 0 Å². The number of rotatable bonds is 5. The van der Waals surface area contributed by atoms with Gasteiger partial charge in [-0.05, 0) is 18.2 Å². The first-order valence-corrected chi connectivity index (χ1v) is 7.15. The number of methoxy groups -OCH3 is 1. The zero-order valence-corrected chi connectivity index (χ0v) is 11.8. The van der Waals surface area contributed by atoms with Gasteiger partial charge in [0, 0.05) is 4.47 Å². The molecular weight excluding hydrogens is 328 g/mol. The minimum absolute atomic E-state index is 0.156. The average Bonchev–Trinajstić information content (AvgIpc) is 2.26. The number of hydrogen-bond acceptors (Lipinski definition) is 6. The maximum Gasteiger partial charge on any atom is 0.341 e. The zero-order chi connectivity index (χ0) is 13.8. The molecule has 1 aromatic carbocycles. The van der Waals surface area contributed by atoms with Crippen LogP contribution in [0.25, 0.3) is 0 Å². The largest absolute Gasteiger partial charge is 0.748 e. The van der Waals surface area contributed by atoms with Gasteiger partial charge in [-0.1, -0.05) is 15.9 Å². The Bertz CT molecular complexity index is 539. The lowest BCUT2D eigenvalue weighted by Gasteiger charge is -2.10. The van der Waals surface area contributed by atoms with Crippen LogP contribution in [-0.4, -0.2) is 38.4 Å². The molecule has 0 aliphatic rings. The van der Waals surface area contributed by atoms with Gasteiger partial charge in [0.1, 0.15) is 17.9 Å². The molecule has 0 radical (unpaired) electrons. The Kier molecular flexibility index (Phi) is 5.12. The third kappa shape index (κ3) is 4.63. The van der Waals surface area contributed by atoms with Gasteiger partial charge in [-0.15, -0.1) is 0 Å². The van der Waals surface area contributed by atoms with Gasteiger partial charge >= 0.3 is 5.97 Å². The minimum atomic E-state index is -4.39. The van der Waals surface area contributed by atoms with Crippen LogP contribution in [0.4, 0.5) is 0 Å². The van der Waals surface area contributed by atoms with E-state index in [1.807, 2.05) is 0 Å². The van der Waals surface area contributed by atoms with Crippen molar-refractivity contribution in [3.63, 3.8) is 0 Å². The molecule has 100 valence electrons. The van der Waals surface area contributed by atoms with Crippen LogP contribution < -0.4 is 4.74 Å². The third-order valence-corrected chi connectivity index (χ3v) is 3.11. The molecule has 0 spiro atoms. The van der Waals surface area contributed by atoms with Gasteiger partial charge < -0.3 is 14.0 Å². The molecule has 0 aliphatic heterocycles. The molecule has 0 saturated heterocycles. The molecule has 0 aromatic heterocycles. The first kappa shape index (κ1) is 14.9. The standard InChI is InChI=1S/C10H11BrO6S/c1-16-9-6-7(11)2-3-8(9)10(12)17-4-5-18(13,14)15/h2-3,6H,4-5H2,1H3,(H,13,14,15)/p-1. The van der Waals surface area contributed by atoms with E-state index in [9.17, 15) is 17.8 Å². The van der Waals surface area contributed by atoms with E-state index in [-0.39, 0.29) is 5.56 Å². The van der Waals surface area contributed by atoms with Crippen LogP contribution in [0.1, 0.15) is 10.4 Å². The summed E-state index contributed by atoms with van der Waals surface area (Å²) in [5.74, 6) is -1.21. The van der Waals surface area contributed by atoms with Crippen molar-refractivity contribution in [1.29, 1.82) is 0 Å². The highest BCUT2D eigenvalue weighted by molar-refractivity contribution is 9.10.